The third-order valence-electron chi connectivity index (χ3n) is 6.37. The van der Waals surface area contributed by atoms with Gasteiger partial charge in [-0.25, -0.2) is 4.79 Å². The molecule has 216 valence electrons. The lowest BCUT2D eigenvalue weighted by Crippen LogP contribution is -2.27. The van der Waals surface area contributed by atoms with Crippen LogP contribution in [0.5, 0.6) is 0 Å². The van der Waals surface area contributed by atoms with Crippen molar-refractivity contribution in [3.05, 3.63) is 70.8 Å². The highest BCUT2D eigenvalue weighted by molar-refractivity contribution is 5.94. The van der Waals surface area contributed by atoms with Crippen molar-refractivity contribution < 1.29 is 32.7 Å². The molecular formula is C30H41F3N2O4. The molecule has 2 rings (SSSR count). The molecule has 2 aromatic carbocycles. The number of carbonyl (C=O) groups is 2. The summed E-state index contributed by atoms with van der Waals surface area (Å²) < 4.78 is 38.6. The molecule has 0 aromatic heterocycles. The number of hydrogen-bond donors (Lipinski definition) is 2. The molecule has 0 aliphatic rings. The van der Waals surface area contributed by atoms with Crippen LogP contribution in [0, 0.1) is 0 Å². The number of halogens is 3. The van der Waals surface area contributed by atoms with Crippen LogP contribution in [0.3, 0.4) is 0 Å². The number of benzene rings is 2. The molecule has 0 fully saturated rings. The van der Waals surface area contributed by atoms with Crippen molar-refractivity contribution >= 4 is 11.9 Å². The van der Waals surface area contributed by atoms with E-state index < -0.39 is 24.3 Å². The maximum atomic E-state index is 12.9. The van der Waals surface area contributed by atoms with Gasteiger partial charge in [-0.3, -0.25) is 9.63 Å². The first kappa shape index (κ1) is 32.3. The monoisotopic (exact) mass is 550 g/mol. The minimum Gasteiger partial charge on any atom is -0.479 e. The first-order chi connectivity index (χ1) is 18.7. The van der Waals surface area contributed by atoms with Gasteiger partial charge in [-0.05, 0) is 41.8 Å². The number of carbonyl (C=O) groups excluding carboxylic acids is 1. The van der Waals surface area contributed by atoms with Gasteiger partial charge in [0, 0.05) is 25.2 Å². The van der Waals surface area contributed by atoms with Gasteiger partial charge in [0.15, 0.2) is 6.61 Å². The predicted molar refractivity (Wildman–Crippen MR) is 145 cm³/mol. The zero-order valence-electron chi connectivity index (χ0n) is 22.8. The summed E-state index contributed by atoms with van der Waals surface area (Å²) >= 11 is 0. The Bertz CT molecular complexity index is 996. The number of nitrogens with one attached hydrogen (secondary N) is 1. The molecule has 0 saturated carbocycles. The van der Waals surface area contributed by atoms with Crippen LogP contribution < -0.4 is 5.32 Å². The van der Waals surface area contributed by atoms with Gasteiger partial charge in [-0.15, -0.1) is 0 Å². The number of unbranched alkanes of at least 4 members (excludes halogenated alkanes) is 9. The van der Waals surface area contributed by atoms with E-state index >= 15 is 0 Å². The Morgan fingerprint density at radius 2 is 1.44 bits per heavy atom. The summed E-state index contributed by atoms with van der Waals surface area (Å²) in [6.45, 7) is 2.44. The predicted octanol–water partition coefficient (Wildman–Crippen LogP) is 7.37. The summed E-state index contributed by atoms with van der Waals surface area (Å²) in [6.07, 6.45) is 7.78. The van der Waals surface area contributed by atoms with E-state index in [4.69, 9.17) is 9.94 Å². The van der Waals surface area contributed by atoms with Gasteiger partial charge >= 0.3 is 12.1 Å². The van der Waals surface area contributed by atoms with Crippen LogP contribution in [-0.4, -0.2) is 35.2 Å². The van der Waals surface area contributed by atoms with Crippen LogP contribution in [-0.2, 0) is 28.9 Å². The number of nitrogens with zero attached hydrogens (tertiary/aromatic N) is 1. The molecule has 0 saturated heterocycles. The van der Waals surface area contributed by atoms with Crippen LogP contribution >= 0.6 is 0 Å². The van der Waals surface area contributed by atoms with Crippen molar-refractivity contribution in [1.29, 1.82) is 0 Å². The summed E-state index contributed by atoms with van der Waals surface area (Å²) in [7, 11) is 0. The Kier molecular flexibility index (Phi) is 14.6. The third kappa shape index (κ3) is 13.6. The van der Waals surface area contributed by atoms with Crippen molar-refractivity contribution in [2.24, 2.45) is 0 Å². The fourth-order valence-electron chi connectivity index (χ4n) is 4.23. The molecule has 0 spiro atoms. The fourth-order valence-corrected chi connectivity index (χ4v) is 4.23. The van der Waals surface area contributed by atoms with Gasteiger partial charge in [0.05, 0.1) is 5.56 Å². The quantitative estimate of drug-likeness (QED) is 0.141. The second-order valence-electron chi connectivity index (χ2n) is 9.80. The average molecular weight is 551 g/mol. The lowest BCUT2D eigenvalue weighted by molar-refractivity contribution is -0.190. The van der Waals surface area contributed by atoms with E-state index in [1.807, 2.05) is 0 Å². The summed E-state index contributed by atoms with van der Waals surface area (Å²) in [6, 6.07) is 11.5. The van der Waals surface area contributed by atoms with Crippen LogP contribution in [0.4, 0.5) is 13.2 Å². The second kappa shape index (κ2) is 17.6. The van der Waals surface area contributed by atoms with E-state index in [-0.39, 0.29) is 19.0 Å². The van der Waals surface area contributed by atoms with Crippen molar-refractivity contribution in [3.63, 3.8) is 0 Å². The van der Waals surface area contributed by atoms with E-state index in [0.29, 0.717) is 23.2 Å². The van der Waals surface area contributed by atoms with E-state index in [1.165, 1.54) is 68.6 Å². The van der Waals surface area contributed by atoms with E-state index in [0.717, 1.165) is 25.0 Å². The number of alkyl halides is 3. The van der Waals surface area contributed by atoms with E-state index in [9.17, 15) is 22.8 Å². The number of rotatable bonds is 19. The number of carboxylic acids is 1. The molecule has 0 heterocycles. The lowest BCUT2D eigenvalue weighted by atomic mass is 10.1. The van der Waals surface area contributed by atoms with Gasteiger partial charge in [-0.2, -0.15) is 18.2 Å². The van der Waals surface area contributed by atoms with Crippen molar-refractivity contribution in [3.8, 4) is 0 Å². The number of hydrogen-bond acceptors (Lipinski definition) is 4. The van der Waals surface area contributed by atoms with Gasteiger partial charge in [-0.1, -0.05) is 89.0 Å². The van der Waals surface area contributed by atoms with Crippen LogP contribution in [0.25, 0.3) is 0 Å². The maximum Gasteiger partial charge on any atom is 0.416 e. The molecule has 0 radical (unpaired) electrons. The van der Waals surface area contributed by atoms with Crippen molar-refractivity contribution in [2.45, 2.75) is 90.4 Å². The Morgan fingerprint density at radius 1 is 0.846 bits per heavy atom. The second-order valence-corrected chi connectivity index (χ2v) is 9.80. The van der Waals surface area contributed by atoms with Crippen LogP contribution in [0.2, 0.25) is 0 Å². The third-order valence-corrected chi connectivity index (χ3v) is 6.37. The largest absolute Gasteiger partial charge is 0.479 e. The normalized spacial score (nSPS) is 11.6. The molecule has 39 heavy (non-hydrogen) atoms. The molecule has 0 atom stereocenters. The molecule has 1 amide bonds. The smallest absolute Gasteiger partial charge is 0.416 e. The fraction of sp³-hybridized carbons (Fsp3) is 0.533. The topological polar surface area (TPSA) is 78.9 Å². The SMILES string of the molecule is CCCCCCCCCCCCNC(=O)c1cccc(CN(Cc2ccc(C(F)(F)F)cc2)OCC(=O)O)c1. The highest BCUT2D eigenvalue weighted by atomic mass is 19.4. The van der Waals surface area contributed by atoms with Gasteiger partial charge in [0.25, 0.3) is 5.91 Å². The average Bonchev–Trinajstić information content (AvgIpc) is 2.90. The molecule has 0 unspecified atom stereocenters. The highest BCUT2D eigenvalue weighted by Gasteiger charge is 2.30. The lowest BCUT2D eigenvalue weighted by Gasteiger charge is -2.22. The number of amides is 1. The molecule has 0 bridgehead atoms. The molecule has 2 N–H and O–H groups in total. The van der Waals surface area contributed by atoms with E-state index in [2.05, 4.69) is 12.2 Å². The van der Waals surface area contributed by atoms with Crippen molar-refractivity contribution in [2.75, 3.05) is 13.2 Å². The first-order valence-electron chi connectivity index (χ1n) is 13.8. The van der Waals surface area contributed by atoms with E-state index in [1.54, 1.807) is 24.3 Å². The Labute approximate surface area is 229 Å². The first-order valence-corrected chi connectivity index (χ1v) is 13.8. The van der Waals surface area contributed by atoms with Gasteiger partial charge < -0.3 is 10.4 Å². The van der Waals surface area contributed by atoms with Gasteiger partial charge in [0.2, 0.25) is 0 Å². The molecule has 0 aliphatic heterocycles. The molecular weight excluding hydrogens is 509 g/mol. The summed E-state index contributed by atoms with van der Waals surface area (Å²) in [4.78, 5) is 29.0. The van der Waals surface area contributed by atoms with Crippen molar-refractivity contribution in [1.82, 2.24) is 10.4 Å². The standard InChI is InChI=1S/C30H41F3N2O4/c1-2-3-4-5-6-7-8-9-10-11-19-34-29(38)26-14-12-13-25(20-26)22-35(39-23-28(36)37)21-24-15-17-27(18-16-24)30(31,32)33/h12-18,20H,2-11,19,21-23H2,1H3,(H,34,38)(H,36,37). The summed E-state index contributed by atoms with van der Waals surface area (Å²) in [5, 5.41) is 13.3. The Balaban J connectivity index is 1.83. The minimum atomic E-state index is -4.44. The summed E-state index contributed by atoms with van der Waals surface area (Å²) in [5.41, 5.74) is 0.950. The number of aliphatic carboxylic acids is 1. The van der Waals surface area contributed by atoms with Gasteiger partial charge in [0.1, 0.15) is 0 Å². The Hall–Kier alpha value is -2.91. The molecule has 9 heteroatoms. The zero-order chi connectivity index (χ0) is 28.5. The van der Waals surface area contributed by atoms with Crippen LogP contribution in [0.15, 0.2) is 48.5 Å². The summed E-state index contributed by atoms with van der Waals surface area (Å²) in [5.74, 6) is -1.36. The maximum absolute atomic E-state index is 12.9. The number of hydroxylamine groups is 2. The molecule has 0 aliphatic carbocycles. The van der Waals surface area contributed by atoms with Crippen LogP contribution in [0.1, 0.15) is 98.2 Å². The highest BCUT2D eigenvalue weighted by Crippen LogP contribution is 2.29. The minimum absolute atomic E-state index is 0.0700. The number of carboxylic acid groups (broad SMARTS) is 1. The zero-order valence-corrected chi connectivity index (χ0v) is 22.8. The molecule has 2 aromatic rings. The Morgan fingerprint density at radius 3 is 2.03 bits per heavy atom. The molecule has 6 nitrogen and oxygen atoms in total.